The topological polar surface area (TPSA) is 57.4 Å². The van der Waals surface area contributed by atoms with Crippen molar-refractivity contribution in [2.45, 2.75) is 0 Å². The Balaban J connectivity index is 1.30. The Bertz CT molecular complexity index is 2760. The van der Waals surface area contributed by atoms with Crippen LogP contribution in [0.3, 0.4) is 0 Å². The van der Waals surface area contributed by atoms with Crippen LogP contribution in [0.25, 0.3) is 77.2 Å². The van der Waals surface area contributed by atoms with Gasteiger partial charge in [-0.15, -0.1) is 0 Å². The van der Waals surface area contributed by atoms with E-state index < -0.39 is 0 Å². The van der Waals surface area contributed by atoms with Crippen molar-refractivity contribution in [3.8, 4) is 45.8 Å². The summed E-state index contributed by atoms with van der Waals surface area (Å²) in [5.74, 6) is 0. The smallest absolute Gasteiger partial charge is 0.0998 e. The summed E-state index contributed by atoms with van der Waals surface area (Å²) in [5.41, 5.74) is 11.5. The Morgan fingerprint density at radius 1 is 0.417 bits per heavy atom. The first kappa shape index (κ1) is 27.4. The predicted octanol–water partition coefficient (Wildman–Crippen LogP) is 11.0. The first-order valence-corrected chi connectivity index (χ1v) is 15.9. The van der Waals surface area contributed by atoms with E-state index in [1.165, 1.54) is 10.8 Å². The highest BCUT2D eigenvalue weighted by molar-refractivity contribution is 6.12. The van der Waals surface area contributed by atoms with E-state index in [9.17, 15) is 10.5 Å². The average Bonchev–Trinajstić information content (AvgIpc) is 3.68. The van der Waals surface area contributed by atoms with Gasteiger partial charge in [0.15, 0.2) is 0 Å². The van der Waals surface area contributed by atoms with Crippen molar-refractivity contribution in [1.29, 1.82) is 10.5 Å². The molecule has 9 rings (SSSR count). The number of hydrogen-bond acceptors (Lipinski definition) is 2. The number of fused-ring (bicyclic) bond motifs is 6. The number of hydrogen-bond donors (Lipinski definition) is 0. The number of para-hydroxylation sites is 4. The second-order valence-electron chi connectivity index (χ2n) is 12.0. The molecule has 0 atom stereocenters. The second-order valence-corrected chi connectivity index (χ2v) is 12.0. The van der Waals surface area contributed by atoms with Gasteiger partial charge in [-0.2, -0.15) is 10.5 Å². The van der Waals surface area contributed by atoms with E-state index in [1.807, 2.05) is 36.4 Å². The molecule has 0 saturated heterocycles. The molecular formula is C44H26N4. The van der Waals surface area contributed by atoms with E-state index in [0.29, 0.717) is 11.1 Å². The summed E-state index contributed by atoms with van der Waals surface area (Å²) in [7, 11) is 0. The van der Waals surface area contributed by atoms with Gasteiger partial charge in [0, 0.05) is 32.8 Å². The molecule has 0 aliphatic heterocycles. The maximum absolute atomic E-state index is 10.3. The van der Waals surface area contributed by atoms with Gasteiger partial charge < -0.3 is 9.13 Å². The van der Waals surface area contributed by atoms with Gasteiger partial charge in [-0.05, 0) is 71.3 Å². The first-order valence-electron chi connectivity index (χ1n) is 15.9. The number of benzene rings is 7. The molecule has 0 fully saturated rings. The third-order valence-electron chi connectivity index (χ3n) is 9.38. The molecule has 0 aliphatic rings. The fraction of sp³-hybridized carbons (Fsp3) is 0. The molecule has 0 unspecified atom stereocenters. The van der Waals surface area contributed by atoms with Gasteiger partial charge in [0.1, 0.15) is 0 Å². The lowest BCUT2D eigenvalue weighted by atomic mass is 9.92. The fourth-order valence-corrected chi connectivity index (χ4v) is 7.40. The SMILES string of the molecule is N#Cc1cc(-c2ccccc2-c2ccccc2-n2c3ccccc3c3c(C#N)cccc32)cc(-n2c3ccccc3c3ccccc32)c1. The van der Waals surface area contributed by atoms with Crippen LogP contribution in [0, 0.1) is 22.7 Å². The van der Waals surface area contributed by atoms with Crippen LogP contribution in [0.5, 0.6) is 0 Å². The number of aromatic nitrogens is 2. The predicted molar refractivity (Wildman–Crippen MR) is 195 cm³/mol. The summed E-state index contributed by atoms with van der Waals surface area (Å²) in [5, 5.41) is 24.7. The normalized spacial score (nSPS) is 11.3. The van der Waals surface area contributed by atoms with Gasteiger partial charge in [-0.25, -0.2) is 0 Å². The van der Waals surface area contributed by atoms with E-state index >= 15 is 0 Å². The molecule has 2 aromatic heterocycles. The van der Waals surface area contributed by atoms with E-state index in [1.54, 1.807) is 0 Å². The van der Waals surface area contributed by atoms with Crippen molar-refractivity contribution >= 4 is 43.6 Å². The Morgan fingerprint density at radius 2 is 0.979 bits per heavy atom. The van der Waals surface area contributed by atoms with Gasteiger partial charge in [-0.1, -0.05) is 103 Å². The molecule has 9 aromatic rings. The summed E-state index contributed by atoms with van der Waals surface area (Å²) in [6, 6.07) is 58.9. The van der Waals surface area contributed by atoms with Crippen molar-refractivity contribution in [3.63, 3.8) is 0 Å². The third kappa shape index (κ3) is 4.07. The van der Waals surface area contributed by atoms with Gasteiger partial charge in [0.05, 0.1) is 51.0 Å². The standard InChI is InChI=1S/C44H26N4/c45-27-29-24-31(26-32(25-29)47-39-19-7-4-16-36(39)37-17-5-8-20-40(37)47)33-13-1-2-14-34(33)35-15-3-9-21-41(35)48-42-22-10-6-18-38(42)44-30(28-46)12-11-23-43(44)48/h1-26H. The summed E-state index contributed by atoms with van der Waals surface area (Å²) in [4.78, 5) is 0. The van der Waals surface area contributed by atoms with Crippen LogP contribution in [0.1, 0.15) is 11.1 Å². The monoisotopic (exact) mass is 610 g/mol. The van der Waals surface area contributed by atoms with Crippen LogP contribution in [0.4, 0.5) is 0 Å². The van der Waals surface area contributed by atoms with Gasteiger partial charge in [0.2, 0.25) is 0 Å². The van der Waals surface area contributed by atoms with Crippen molar-refractivity contribution in [2.24, 2.45) is 0 Å². The van der Waals surface area contributed by atoms with Crippen LogP contribution in [0.2, 0.25) is 0 Å². The summed E-state index contributed by atoms with van der Waals surface area (Å²) in [6.45, 7) is 0. The molecule has 0 aliphatic carbocycles. The second kappa shape index (κ2) is 10.9. The first-order chi connectivity index (χ1) is 23.7. The molecule has 0 N–H and O–H groups in total. The number of nitriles is 2. The quantitative estimate of drug-likeness (QED) is 0.199. The lowest BCUT2D eigenvalue weighted by molar-refractivity contribution is 1.18. The highest BCUT2D eigenvalue weighted by Gasteiger charge is 2.20. The third-order valence-corrected chi connectivity index (χ3v) is 9.38. The van der Waals surface area contributed by atoms with Crippen LogP contribution < -0.4 is 0 Å². The molecule has 0 bridgehead atoms. The summed E-state index contributed by atoms with van der Waals surface area (Å²) < 4.78 is 4.53. The molecule has 0 radical (unpaired) electrons. The molecule has 48 heavy (non-hydrogen) atoms. The van der Waals surface area contributed by atoms with Crippen molar-refractivity contribution in [1.82, 2.24) is 9.13 Å². The molecule has 4 heteroatoms. The highest BCUT2D eigenvalue weighted by Crippen LogP contribution is 2.41. The largest absolute Gasteiger partial charge is 0.309 e. The molecule has 7 aromatic carbocycles. The van der Waals surface area contributed by atoms with Crippen molar-refractivity contribution < 1.29 is 0 Å². The maximum Gasteiger partial charge on any atom is 0.0998 e. The molecular weight excluding hydrogens is 585 g/mol. The maximum atomic E-state index is 10.3. The number of nitrogens with zero attached hydrogens (tertiary/aromatic N) is 4. The van der Waals surface area contributed by atoms with Gasteiger partial charge in [0.25, 0.3) is 0 Å². The zero-order valence-corrected chi connectivity index (χ0v) is 25.8. The minimum Gasteiger partial charge on any atom is -0.309 e. The van der Waals surface area contributed by atoms with Crippen LogP contribution in [-0.2, 0) is 0 Å². The Hall–Kier alpha value is -6.88. The van der Waals surface area contributed by atoms with E-state index in [4.69, 9.17) is 0 Å². The summed E-state index contributed by atoms with van der Waals surface area (Å²) >= 11 is 0. The lowest BCUT2D eigenvalue weighted by Gasteiger charge is -2.18. The van der Waals surface area contributed by atoms with E-state index in [2.05, 4.69) is 143 Å². The molecule has 0 spiro atoms. The van der Waals surface area contributed by atoms with Crippen LogP contribution >= 0.6 is 0 Å². The van der Waals surface area contributed by atoms with E-state index in [0.717, 1.165) is 66.5 Å². The Labute approximate surface area is 277 Å². The molecule has 0 amide bonds. The van der Waals surface area contributed by atoms with E-state index in [-0.39, 0.29) is 0 Å². The molecule has 0 saturated carbocycles. The van der Waals surface area contributed by atoms with Crippen molar-refractivity contribution in [2.75, 3.05) is 0 Å². The zero-order valence-electron chi connectivity index (χ0n) is 25.8. The minimum atomic E-state index is 0.596. The summed E-state index contributed by atoms with van der Waals surface area (Å²) in [6.07, 6.45) is 0. The molecule has 222 valence electrons. The lowest BCUT2D eigenvalue weighted by Crippen LogP contribution is -1.99. The number of rotatable bonds is 4. The van der Waals surface area contributed by atoms with Crippen LogP contribution in [-0.4, -0.2) is 9.13 Å². The Morgan fingerprint density at radius 3 is 1.67 bits per heavy atom. The van der Waals surface area contributed by atoms with Gasteiger partial charge >= 0.3 is 0 Å². The van der Waals surface area contributed by atoms with Crippen molar-refractivity contribution in [3.05, 3.63) is 169 Å². The van der Waals surface area contributed by atoms with Crippen LogP contribution in [0.15, 0.2) is 158 Å². The highest BCUT2D eigenvalue weighted by atomic mass is 15.0. The molecule has 4 nitrogen and oxygen atoms in total. The Kier molecular flexibility index (Phi) is 6.22. The fourth-order valence-electron chi connectivity index (χ4n) is 7.40. The average molecular weight is 611 g/mol. The zero-order chi connectivity index (χ0) is 32.2. The van der Waals surface area contributed by atoms with Gasteiger partial charge in [-0.3, -0.25) is 0 Å². The molecule has 2 heterocycles. The minimum absolute atomic E-state index is 0.596.